The lowest BCUT2D eigenvalue weighted by atomic mass is 10.2. The van der Waals surface area contributed by atoms with E-state index in [1.807, 2.05) is 6.07 Å². The monoisotopic (exact) mass is 318 g/mol. The fourth-order valence-corrected chi connectivity index (χ4v) is 2.80. The minimum Gasteiger partial charge on any atom is -0.339 e. The number of nitrogens with one attached hydrogen (secondary N) is 1. The number of fused-ring (bicyclic) bond motifs is 3. The van der Waals surface area contributed by atoms with Gasteiger partial charge in [0.15, 0.2) is 0 Å². The summed E-state index contributed by atoms with van der Waals surface area (Å²) in [7, 11) is 0. The van der Waals surface area contributed by atoms with Gasteiger partial charge in [0, 0.05) is 30.2 Å². The zero-order valence-electron chi connectivity index (χ0n) is 9.34. The standard InChI is InChI=1S/C12H12BrFN2.ClH/c1-7-5-15-6-9-2-8-3-10(13)11(14)4-12(8)16(7)9;/h2-4,7,15H,5-6H2,1H3;1H/t7-;/m1./s1. The van der Waals surface area contributed by atoms with E-state index >= 15 is 0 Å². The van der Waals surface area contributed by atoms with Gasteiger partial charge in [0.1, 0.15) is 5.82 Å². The predicted octanol–water partition coefficient (Wildman–Crippen LogP) is 3.63. The van der Waals surface area contributed by atoms with E-state index in [-0.39, 0.29) is 18.2 Å². The summed E-state index contributed by atoms with van der Waals surface area (Å²) in [5.74, 6) is -0.195. The maximum atomic E-state index is 13.5. The van der Waals surface area contributed by atoms with E-state index < -0.39 is 0 Å². The van der Waals surface area contributed by atoms with Crippen LogP contribution in [0.5, 0.6) is 0 Å². The van der Waals surface area contributed by atoms with Crippen molar-refractivity contribution in [1.82, 2.24) is 9.88 Å². The molecule has 0 aliphatic carbocycles. The van der Waals surface area contributed by atoms with Gasteiger partial charge in [-0.1, -0.05) is 0 Å². The molecule has 0 bridgehead atoms. The summed E-state index contributed by atoms with van der Waals surface area (Å²) in [4.78, 5) is 0. The normalized spacial score (nSPS) is 18.9. The molecule has 2 aromatic rings. The number of benzene rings is 1. The van der Waals surface area contributed by atoms with Crippen LogP contribution in [-0.4, -0.2) is 11.1 Å². The molecular weight excluding hydrogens is 307 g/mol. The molecule has 92 valence electrons. The molecule has 0 unspecified atom stereocenters. The third-order valence-corrected chi connectivity index (χ3v) is 3.76. The first-order valence-corrected chi connectivity index (χ1v) is 6.15. The van der Waals surface area contributed by atoms with Crippen LogP contribution in [0.4, 0.5) is 4.39 Å². The van der Waals surface area contributed by atoms with Gasteiger partial charge in [-0.15, -0.1) is 12.4 Å². The molecule has 2 heterocycles. The lowest BCUT2D eigenvalue weighted by Gasteiger charge is -2.24. The van der Waals surface area contributed by atoms with Crippen LogP contribution in [0.2, 0.25) is 0 Å². The van der Waals surface area contributed by atoms with Gasteiger partial charge in [-0.25, -0.2) is 4.39 Å². The van der Waals surface area contributed by atoms with Gasteiger partial charge in [-0.2, -0.15) is 0 Å². The van der Waals surface area contributed by atoms with E-state index in [0.29, 0.717) is 10.5 Å². The number of halogens is 3. The molecule has 1 aromatic heterocycles. The molecule has 1 N–H and O–H groups in total. The van der Waals surface area contributed by atoms with Gasteiger partial charge in [0.2, 0.25) is 0 Å². The van der Waals surface area contributed by atoms with Crippen molar-refractivity contribution in [2.75, 3.05) is 6.54 Å². The van der Waals surface area contributed by atoms with E-state index in [1.165, 1.54) is 5.69 Å². The number of nitrogens with zero attached hydrogens (tertiary/aromatic N) is 1. The van der Waals surface area contributed by atoms with Crippen LogP contribution in [0.15, 0.2) is 22.7 Å². The summed E-state index contributed by atoms with van der Waals surface area (Å²) in [6.45, 7) is 3.95. The van der Waals surface area contributed by atoms with Gasteiger partial charge in [-0.05, 0) is 41.1 Å². The third kappa shape index (κ3) is 1.98. The van der Waals surface area contributed by atoms with E-state index in [2.05, 4.69) is 38.8 Å². The fraction of sp³-hybridized carbons (Fsp3) is 0.333. The zero-order valence-corrected chi connectivity index (χ0v) is 11.7. The zero-order chi connectivity index (χ0) is 11.3. The Morgan fingerprint density at radius 3 is 2.94 bits per heavy atom. The average Bonchev–Trinajstić information content (AvgIpc) is 2.58. The number of hydrogen-bond acceptors (Lipinski definition) is 1. The quantitative estimate of drug-likeness (QED) is 0.784. The molecule has 3 rings (SSSR count). The largest absolute Gasteiger partial charge is 0.339 e. The Morgan fingerprint density at radius 1 is 1.41 bits per heavy atom. The van der Waals surface area contributed by atoms with Crippen LogP contribution in [0, 0.1) is 5.82 Å². The molecule has 1 atom stereocenters. The van der Waals surface area contributed by atoms with E-state index in [1.54, 1.807) is 6.07 Å². The number of rotatable bonds is 0. The van der Waals surface area contributed by atoms with Crippen LogP contribution in [0.25, 0.3) is 10.9 Å². The predicted molar refractivity (Wildman–Crippen MR) is 73.3 cm³/mol. The molecule has 0 spiro atoms. The highest BCUT2D eigenvalue weighted by atomic mass is 79.9. The van der Waals surface area contributed by atoms with Crippen molar-refractivity contribution in [3.63, 3.8) is 0 Å². The molecule has 5 heteroatoms. The van der Waals surface area contributed by atoms with Gasteiger partial charge in [-0.3, -0.25) is 0 Å². The highest BCUT2D eigenvalue weighted by molar-refractivity contribution is 9.10. The summed E-state index contributed by atoms with van der Waals surface area (Å²) in [6.07, 6.45) is 0. The first-order chi connectivity index (χ1) is 7.66. The Labute approximate surface area is 114 Å². The minimum atomic E-state index is -0.195. The van der Waals surface area contributed by atoms with Crippen molar-refractivity contribution >= 4 is 39.2 Å². The van der Waals surface area contributed by atoms with Gasteiger partial charge in [0.05, 0.1) is 9.99 Å². The van der Waals surface area contributed by atoms with Crippen molar-refractivity contribution in [3.05, 3.63) is 34.2 Å². The SMILES string of the molecule is C[C@@H]1CNCc2cc3cc(Br)c(F)cc3n21.Cl. The first-order valence-electron chi connectivity index (χ1n) is 5.36. The molecular formula is C12H13BrClFN2. The van der Waals surface area contributed by atoms with Crippen LogP contribution in [0.1, 0.15) is 18.7 Å². The van der Waals surface area contributed by atoms with Crippen molar-refractivity contribution in [2.45, 2.75) is 19.5 Å². The number of aromatic nitrogens is 1. The average molecular weight is 320 g/mol. The van der Waals surface area contributed by atoms with E-state index in [9.17, 15) is 4.39 Å². The van der Waals surface area contributed by atoms with Crippen LogP contribution >= 0.6 is 28.3 Å². The van der Waals surface area contributed by atoms with E-state index in [0.717, 1.165) is 24.0 Å². The van der Waals surface area contributed by atoms with Crippen molar-refractivity contribution in [1.29, 1.82) is 0 Å². The fourth-order valence-electron chi connectivity index (χ4n) is 2.44. The summed E-state index contributed by atoms with van der Waals surface area (Å²) in [5, 5.41) is 4.45. The summed E-state index contributed by atoms with van der Waals surface area (Å²) < 4.78 is 16.3. The molecule has 0 saturated carbocycles. The van der Waals surface area contributed by atoms with Crippen LogP contribution in [0.3, 0.4) is 0 Å². The molecule has 0 saturated heterocycles. The first kappa shape index (κ1) is 12.9. The number of hydrogen-bond donors (Lipinski definition) is 1. The molecule has 0 fully saturated rings. The molecule has 17 heavy (non-hydrogen) atoms. The van der Waals surface area contributed by atoms with Crippen LogP contribution < -0.4 is 5.32 Å². The molecule has 0 amide bonds. The van der Waals surface area contributed by atoms with Gasteiger partial charge in [0.25, 0.3) is 0 Å². The molecule has 2 nitrogen and oxygen atoms in total. The topological polar surface area (TPSA) is 17.0 Å². The Bertz CT molecular complexity index is 567. The second-order valence-corrected chi connectivity index (χ2v) is 5.17. The smallest absolute Gasteiger partial charge is 0.139 e. The summed E-state index contributed by atoms with van der Waals surface area (Å²) >= 11 is 3.22. The van der Waals surface area contributed by atoms with Gasteiger partial charge >= 0.3 is 0 Å². The molecule has 0 radical (unpaired) electrons. The molecule has 1 aromatic carbocycles. The third-order valence-electron chi connectivity index (χ3n) is 3.15. The van der Waals surface area contributed by atoms with E-state index in [4.69, 9.17) is 0 Å². The molecule has 1 aliphatic rings. The maximum Gasteiger partial charge on any atom is 0.139 e. The Balaban J connectivity index is 0.00000108. The second kappa shape index (κ2) is 4.59. The Morgan fingerprint density at radius 2 is 2.18 bits per heavy atom. The summed E-state index contributed by atoms with van der Waals surface area (Å²) in [6, 6.07) is 5.97. The van der Waals surface area contributed by atoms with Crippen molar-refractivity contribution in [2.24, 2.45) is 0 Å². The lowest BCUT2D eigenvalue weighted by Crippen LogP contribution is -2.30. The lowest BCUT2D eigenvalue weighted by molar-refractivity contribution is 0.439. The molecule has 1 aliphatic heterocycles. The van der Waals surface area contributed by atoms with Crippen LogP contribution in [-0.2, 0) is 6.54 Å². The maximum absolute atomic E-state index is 13.5. The van der Waals surface area contributed by atoms with Gasteiger partial charge < -0.3 is 9.88 Å². The highest BCUT2D eigenvalue weighted by Crippen LogP contribution is 2.30. The van der Waals surface area contributed by atoms with Crippen molar-refractivity contribution in [3.8, 4) is 0 Å². The Hall–Kier alpha value is -0.580. The summed E-state index contributed by atoms with van der Waals surface area (Å²) in [5.41, 5.74) is 2.22. The highest BCUT2D eigenvalue weighted by Gasteiger charge is 2.19. The minimum absolute atomic E-state index is 0. The second-order valence-electron chi connectivity index (χ2n) is 4.31. The van der Waals surface area contributed by atoms with Crippen molar-refractivity contribution < 1.29 is 4.39 Å². The Kier molecular flexibility index (Phi) is 3.48.